The zero-order chi connectivity index (χ0) is 12.6. The average Bonchev–Trinajstić information content (AvgIpc) is 2.41. The zero-order valence-electron chi connectivity index (χ0n) is 11.0. The van der Waals surface area contributed by atoms with Crippen molar-refractivity contribution in [3.8, 4) is 0 Å². The first-order valence-corrected chi connectivity index (χ1v) is 7.07. The molecule has 0 radical (unpaired) electrons. The molecule has 0 saturated heterocycles. The van der Waals surface area contributed by atoms with Crippen molar-refractivity contribution in [2.75, 3.05) is 23.3 Å². The van der Waals surface area contributed by atoms with Gasteiger partial charge in [0.15, 0.2) is 0 Å². The van der Waals surface area contributed by atoms with E-state index in [2.05, 4.69) is 17.1 Å². The van der Waals surface area contributed by atoms with E-state index in [4.69, 9.17) is 0 Å². The number of hydrogen-bond donors (Lipinski definition) is 1. The second kappa shape index (κ2) is 4.45. The van der Waals surface area contributed by atoms with Crippen LogP contribution in [0.2, 0.25) is 0 Å². The van der Waals surface area contributed by atoms with Crippen molar-refractivity contribution in [3.63, 3.8) is 0 Å². The Balaban J connectivity index is 2.04. The van der Waals surface area contributed by atoms with Gasteiger partial charge in [-0.1, -0.05) is 25.3 Å². The Kier molecular flexibility index (Phi) is 2.92. The predicted molar refractivity (Wildman–Crippen MR) is 73.7 cm³/mol. The van der Waals surface area contributed by atoms with Crippen molar-refractivity contribution >= 4 is 11.4 Å². The topological polar surface area (TPSA) is 15.3 Å². The van der Waals surface area contributed by atoms with Crippen molar-refractivity contribution in [1.82, 2.24) is 0 Å². The molecule has 0 unspecified atom stereocenters. The molecule has 1 spiro atoms. The summed E-state index contributed by atoms with van der Waals surface area (Å²) in [5, 5.41) is 3.45. The molecule has 18 heavy (non-hydrogen) atoms. The quantitative estimate of drug-likeness (QED) is 0.813. The number of rotatable bonds is 1. The van der Waals surface area contributed by atoms with Crippen molar-refractivity contribution in [3.05, 3.63) is 24.0 Å². The van der Waals surface area contributed by atoms with Crippen LogP contribution in [-0.2, 0) is 0 Å². The molecule has 1 aliphatic heterocycles. The lowest BCUT2D eigenvalue weighted by Crippen LogP contribution is -2.57. The van der Waals surface area contributed by atoms with E-state index >= 15 is 0 Å². The van der Waals surface area contributed by atoms with Gasteiger partial charge in [-0.3, -0.25) is 0 Å². The van der Waals surface area contributed by atoms with Gasteiger partial charge in [0.05, 0.1) is 16.9 Å². The number of fused-ring (bicyclic) bond motifs is 1. The van der Waals surface area contributed by atoms with Gasteiger partial charge < -0.3 is 10.2 Å². The molecule has 0 amide bonds. The third-order valence-electron chi connectivity index (χ3n) is 4.54. The maximum Gasteiger partial charge on any atom is 0.148 e. The first-order chi connectivity index (χ1) is 8.77. The maximum atomic E-state index is 14.2. The lowest BCUT2D eigenvalue weighted by Gasteiger charge is -2.51. The van der Waals surface area contributed by atoms with Gasteiger partial charge in [-0.2, -0.15) is 0 Å². The summed E-state index contributed by atoms with van der Waals surface area (Å²) in [6, 6.07) is 5.34. The standard InChI is InChI=1S/C15H21FN2/c1-2-18-14-12(16)7-6-8-13(14)17-11-15(18)9-4-3-5-10-15/h6-8,17H,2-5,9-11H2,1H3. The van der Waals surface area contributed by atoms with E-state index in [1.54, 1.807) is 12.1 Å². The number of nitrogens with one attached hydrogen (secondary N) is 1. The number of benzene rings is 1. The molecular formula is C15H21FN2. The van der Waals surface area contributed by atoms with E-state index in [1.807, 2.05) is 6.07 Å². The summed E-state index contributed by atoms with van der Waals surface area (Å²) in [4.78, 5) is 2.31. The Morgan fingerprint density at radius 1 is 1.28 bits per heavy atom. The molecule has 1 heterocycles. The van der Waals surface area contributed by atoms with Crippen LogP contribution < -0.4 is 10.2 Å². The van der Waals surface area contributed by atoms with Crippen molar-refractivity contribution in [2.45, 2.75) is 44.6 Å². The highest BCUT2D eigenvalue weighted by molar-refractivity contribution is 5.74. The highest BCUT2D eigenvalue weighted by Gasteiger charge is 2.41. The van der Waals surface area contributed by atoms with E-state index in [9.17, 15) is 4.39 Å². The Hall–Kier alpha value is -1.25. The second-order valence-corrected chi connectivity index (χ2v) is 5.52. The lowest BCUT2D eigenvalue weighted by molar-refractivity contribution is 0.283. The molecule has 1 fully saturated rings. The van der Waals surface area contributed by atoms with Gasteiger partial charge in [-0.25, -0.2) is 4.39 Å². The molecule has 98 valence electrons. The Bertz CT molecular complexity index is 438. The highest BCUT2D eigenvalue weighted by Crippen LogP contribution is 2.44. The average molecular weight is 248 g/mol. The number of hydrogen-bond acceptors (Lipinski definition) is 2. The van der Waals surface area contributed by atoms with Crippen molar-refractivity contribution < 1.29 is 4.39 Å². The first-order valence-electron chi connectivity index (χ1n) is 7.07. The molecular weight excluding hydrogens is 227 g/mol. The molecule has 3 heteroatoms. The molecule has 2 nitrogen and oxygen atoms in total. The van der Waals surface area contributed by atoms with E-state index in [0.29, 0.717) is 0 Å². The summed E-state index contributed by atoms with van der Waals surface area (Å²) >= 11 is 0. The monoisotopic (exact) mass is 248 g/mol. The van der Waals surface area contributed by atoms with E-state index in [-0.39, 0.29) is 11.4 Å². The maximum absolute atomic E-state index is 14.2. The fraction of sp³-hybridized carbons (Fsp3) is 0.600. The summed E-state index contributed by atoms with van der Waals surface area (Å²) in [7, 11) is 0. The highest BCUT2D eigenvalue weighted by atomic mass is 19.1. The van der Waals surface area contributed by atoms with Crippen LogP contribution in [0.1, 0.15) is 39.0 Å². The minimum atomic E-state index is -0.0912. The molecule has 1 aliphatic carbocycles. The van der Waals surface area contributed by atoms with Gasteiger partial charge in [0.1, 0.15) is 5.82 Å². The van der Waals surface area contributed by atoms with Gasteiger partial charge in [0.25, 0.3) is 0 Å². The van der Waals surface area contributed by atoms with Crippen LogP contribution in [0.25, 0.3) is 0 Å². The van der Waals surface area contributed by atoms with Crippen LogP contribution in [0.4, 0.5) is 15.8 Å². The van der Waals surface area contributed by atoms with Crippen LogP contribution in [0.15, 0.2) is 18.2 Å². The summed E-state index contributed by atoms with van der Waals surface area (Å²) in [5.74, 6) is -0.0912. The van der Waals surface area contributed by atoms with E-state index in [0.717, 1.165) is 24.5 Å². The van der Waals surface area contributed by atoms with Crippen LogP contribution in [0.5, 0.6) is 0 Å². The summed E-state index contributed by atoms with van der Waals surface area (Å²) in [6.07, 6.45) is 6.22. The third kappa shape index (κ3) is 1.68. The van der Waals surface area contributed by atoms with Gasteiger partial charge in [0, 0.05) is 13.1 Å². The molecule has 0 aromatic heterocycles. The van der Waals surface area contributed by atoms with Crippen LogP contribution in [0.3, 0.4) is 0 Å². The molecule has 0 bridgehead atoms. The van der Waals surface area contributed by atoms with Crippen LogP contribution in [0, 0.1) is 5.82 Å². The van der Waals surface area contributed by atoms with E-state index in [1.165, 1.54) is 32.1 Å². The van der Waals surface area contributed by atoms with Gasteiger partial charge in [-0.05, 0) is 31.9 Å². The minimum Gasteiger partial charge on any atom is -0.381 e. The number of para-hydroxylation sites is 1. The largest absolute Gasteiger partial charge is 0.381 e. The first kappa shape index (κ1) is 11.8. The normalized spacial score (nSPS) is 21.6. The SMILES string of the molecule is CCN1c2c(F)cccc2NCC12CCCCC2. The van der Waals surface area contributed by atoms with Gasteiger partial charge >= 0.3 is 0 Å². The fourth-order valence-corrected chi connectivity index (χ4v) is 3.67. The molecule has 3 rings (SSSR count). The smallest absolute Gasteiger partial charge is 0.148 e. The number of likely N-dealkylation sites (N-methyl/N-ethyl adjacent to an activating group) is 1. The molecule has 1 aromatic rings. The summed E-state index contributed by atoms with van der Waals surface area (Å²) < 4.78 is 14.2. The Morgan fingerprint density at radius 2 is 2.06 bits per heavy atom. The number of anilines is 2. The molecule has 1 aromatic carbocycles. The fourth-order valence-electron chi connectivity index (χ4n) is 3.67. The molecule has 1 saturated carbocycles. The van der Waals surface area contributed by atoms with Crippen molar-refractivity contribution in [1.29, 1.82) is 0 Å². The third-order valence-corrected chi connectivity index (χ3v) is 4.54. The van der Waals surface area contributed by atoms with Crippen LogP contribution >= 0.6 is 0 Å². The minimum absolute atomic E-state index is 0.0912. The predicted octanol–water partition coefficient (Wildman–Crippen LogP) is 3.78. The summed E-state index contributed by atoms with van der Waals surface area (Å²) in [5.41, 5.74) is 1.88. The molecule has 2 aliphatic rings. The molecule has 0 atom stereocenters. The Morgan fingerprint density at radius 3 is 2.78 bits per heavy atom. The lowest BCUT2D eigenvalue weighted by atomic mass is 9.78. The van der Waals surface area contributed by atoms with Crippen LogP contribution in [-0.4, -0.2) is 18.6 Å². The Labute approximate surface area is 108 Å². The van der Waals surface area contributed by atoms with Crippen molar-refractivity contribution in [2.24, 2.45) is 0 Å². The zero-order valence-corrected chi connectivity index (χ0v) is 11.0. The number of nitrogens with zero attached hydrogens (tertiary/aromatic N) is 1. The number of halogens is 1. The molecule has 1 N–H and O–H groups in total. The van der Waals surface area contributed by atoms with Gasteiger partial charge in [0.2, 0.25) is 0 Å². The van der Waals surface area contributed by atoms with E-state index < -0.39 is 0 Å². The summed E-state index contributed by atoms with van der Waals surface area (Å²) in [6.45, 7) is 3.98. The second-order valence-electron chi connectivity index (χ2n) is 5.52. The van der Waals surface area contributed by atoms with Gasteiger partial charge in [-0.15, -0.1) is 0 Å².